The molecule has 0 bridgehead atoms. The Morgan fingerprint density at radius 3 is 1.52 bits per heavy atom. The summed E-state index contributed by atoms with van der Waals surface area (Å²) >= 11 is 0. The molecule has 4 aromatic rings. The summed E-state index contributed by atoms with van der Waals surface area (Å²) in [5.41, 5.74) is -0.566. The normalized spacial score (nSPS) is 16.9. The maximum Gasteiger partial charge on any atom is 0.410 e. The van der Waals surface area contributed by atoms with Crippen molar-refractivity contribution >= 4 is 49.3 Å². The topological polar surface area (TPSA) is 192 Å². The number of amides is 3. The van der Waals surface area contributed by atoms with Crippen LogP contribution in [0.2, 0.25) is 0 Å². The van der Waals surface area contributed by atoms with Gasteiger partial charge in [0.1, 0.15) is 23.3 Å². The predicted molar refractivity (Wildman–Crippen MR) is 248 cm³/mol. The van der Waals surface area contributed by atoms with Gasteiger partial charge < -0.3 is 20.7 Å². The van der Waals surface area contributed by atoms with E-state index in [-0.39, 0.29) is 33.1 Å². The molecule has 2 saturated heterocycles. The number of nitrogens with one attached hydrogen (secondary N) is 5. The van der Waals surface area contributed by atoms with Crippen LogP contribution in [0.5, 0.6) is 0 Å². The molecule has 4 aromatic carbocycles. The molecule has 18 heteroatoms. The monoisotopic (exact) mass is 938 g/mol. The summed E-state index contributed by atoms with van der Waals surface area (Å²) in [5.74, 6) is -2.13. The molecule has 0 spiro atoms. The molecular weight excluding hydrogens is 879 g/mol. The third kappa shape index (κ3) is 13.9. The van der Waals surface area contributed by atoms with E-state index in [1.165, 1.54) is 41.3 Å². The Labute approximate surface area is 381 Å². The van der Waals surface area contributed by atoms with Crippen LogP contribution in [0.1, 0.15) is 88.0 Å². The summed E-state index contributed by atoms with van der Waals surface area (Å²) in [7, 11) is -7.67. The van der Waals surface area contributed by atoms with Gasteiger partial charge in [-0.3, -0.25) is 14.5 Å². The Bertz CT molecular complexity index is 2620. The SMILES string of the molecule is CC(C)(C)NS(=O)(=O)c1ccccc1-c1ccc(NC(=O)C2CCCN2)c(F)c1.CC(C)(C)NS(=O)(=O)c1ccccc1-c1ccc(NC(=O)C2CCCN2C(=O)OC(C)(C)C)c(F)c1. The summed E-state index contributed by atoms with van der Waals surface area (Å²) < 4.78 is 91.9. The Kier molecular flexibility index (Phi) is 15.7. The number of sulfonamides is 2. The third-order valence-corrected chi connectivity index (χ3v) is 13.5. The molecule has 2 unspecified atom stereocenters. The van der Waals surface area contributed by atoms with Crippen LogP contribution in [0.15, 0.2) is 94.7 Å². The summed E-state index contributed by atoms with van der Waals surface area (Å²) in [6.07, 6.45) is 2.12. The van der Waals surface area contributed by atoms with Crippen LogP contribution in [0.25, 0.3) is 22.3 Å². The molecule has 0 saturated carbocycles. The lowest BCUT2D eigenvalue weighted by Crippen LogP contribution is -2.45. The van der Waals surface area contributed by atoms with Gasteiger partial charge in [0.2, 0.25) is 31.9 Å². The van der Waals surface area contributed by atoms with Gasteiger partial charge in [0, 0.05) is 28.7 Å². The Balaban J connectivity index is 0.000000250. The molecule has 2 heterocycles. The van der Waals surface area contributed by atoms with Crippen molar-refractivity contribution < 1.29 is 44.7 Å². The standard InChI is InChI=1S/C26H34FN3O5S.C21H26FN3O3S/c1-25(2,3)29-36(33,34)22-12-8-7-10-18(22)17-13-14-20(19(27)16-17)28-23(31)21-11-9-15-30(21)24(32)35-26(4,5)6;1-21(2,3)25-29(27,28)19-9-5-4-7-15(19)14-10-11-17(16(22)13-14)24-20(26)18-8-6-12-23-18/h7-8,10,12-14,16,21,29H,9,11,15H2,1-6H3,(H,28,31);4-5,7,9-11,13,18,23,25H,6,8,12H2,1-3H3,(H,24,26). The van der Waals surface area contributed by atoms with Gasteiger partial charge in [-0.15, -0.1) is 0 Å². The quantitative estimate of drug-likeness (QED) is 0.104. The van der Waals surface area contributed by atoms with Crippen LogP contribution in [0.3, 0.4) is 0 Å². The number of hydrogen-bond acceptors (Lipinski definition) is 9. The second-order valence-electron chi connectivity index (χ2n) is 19.1. The highest BCUT2D eigenvalue weighted by Gasteiger charge is 2.37. The van der Waals surface area contributed by atoms with Gasteiger partial charge in [0.15, 0.2) is 0 Å². The maximum absolute atomic E-state index is 15.1. The molecule has 352 valence electrons. The average Bonchev–Trinajstić information content (AvgIpc) is 3.92. The fourth-order valence-electron chi connectivity index (χ4n) is 7.29. The first-order chi connectivity index (χ1) is 30.1. The largest absolute Gasteiger partial charge is 0.444 e. The summed E-state index contributed by atoms with van der Waals surface area (Å²) in [6, 6.07) is 20.1. The van der Waals surface area contributed by atoms with Gasteiger partial charge in [0.05, 0.1) is 27.2 Å². The molecule has 0 aromatic heterocycles. The number of carbonyl (C=O) groups is 3. The van der Waals surface area contributed by atoms with Gasteiger partial charge in [-0.25, -0.2) is 39.9 Å². The molecule has 6 rings (SSSR count). The number of hydrogen-bond donors (Lipinski definition) is 5. The molecule has 14 nitrogen and oxygen atoms in total. The molecule has 2 aliphatic heterocycles. The van der Waals surface area contributed by atoms with Crippen molar-refractivity contribution in [1.29, 1.82) is 0 Å². The van der Waals surface area contributed by atoms with Crippen molar-refractivity contribution in [2.45, 2.75) is 127 Å². The zero-order valence-corrected chi connectivity index (χ0v) is 39.9. The molecule has 3 amide bonds. The van der Waals surface area contributed by atoms with Crippen molar-refractivity contribution in [2.24, 2.45) is 0 Å². The summed E-state index contributed by atoms with van der Waals surface area (Å²) in [6.45, 7) is 16.8. The fraction of sp³-hybridized carbons (Fsp3) is 0.426. The first-order valence-corrected chi connectivity index (χ1v) is 24.3. The first kappa shape index (κ1) is 50.7. The minimum atomic E-state index is -3.87. The predicted octanol–water partition coefficient (Wildman–Crippen LogP) is 8.17. The minimum Gasteiger partial charge on any atom is -0.444 e. The van der Waals surface area contributed by atoms with E-state index in [2.05, 4.69) is 25.4 Å². The molecule has 65 heavy (non-hydrogen) atoms. The van der Waals surface area contributed by atoms with E-state index in [9.17, 15) is 35.6 Å². The molecule has 2 atom stereocenters. The van der Waals surface area contributed by atoms with Gasteiger partial charge >= 0.3 is 6.09 Å². The van der Waals surface area contributed by atoms with E-state index >= 15 is 4.39 Å². The number of nitrogens with zero attached hydrogens (tertiary/aromatic N) is 1. The molecule has 0 radical (unpaired) electrons. The van der Waals surface area contributed by atoms with Crippen LogP contribution >= 0.6 is 0 Å². The Morgan fingerprint density at radius 2 is 1.11 bits per heavy atom. The van der Waals surface area contributed by atoms with Crippen molar-refractivity contribution in [3.63, 3.8) is 0 Å². The van der Waals surface area contributed by atoms with Crippen LogP contribution in [0.4, 0.5) is 25.0 Å². The molecular formula is C47H60F2N6O8S2. The summed E-state index contributed by atoms with van der Waals surface area (Å²) in [4.78, 5) is 39.1. The number of halogens is 2. The Morgan fingerprint density at radius 1 is 0.646 bits per heavy atom. The molecule has 2 aliphatic rings. The van der Waals surface area contributed by atoms with E-state index in [4.69, 9.17) is 4.74 Å². The fourth-order valence-corrected chi connectivity index (χ4v) is 10.6. The lowest BCUT2D eigenvalue weighted by molar-refractivity contribution is -0.120. The van der Waals surface area contributed by atoms with Crippen LogP contribution in [-0.2, 0) is 34.4 Å². The lowest BCUT2D eigenvalue weighted by Gasteiger charge is -2.28. The van der Waals surface area contributed by atoms with Crippen molar-refractivity contribution in [3.8, 4) is 22.3 Å². The molecule has 2 fully saturated rings. The molecule has 5 N–H and O–H groups in total. The van der Waals surface area contributed by atoms with Gasteiger partial charge in [-0.05, 0) is 142 Å². The number of anilines is 2. The molecule has 0 aliphatic carbocycles. The number of likely N-dealkylation sites (tertiary alicyclic amines) is 1. The Hall–Kier alpha value is -5.27. The highest BCUT2D eigenvalue weighted by Crippen LogP contribution is 2.33. The number of carbonyl (C=O) groups excluding carboxylic acids is 3. The van der Waals surface area contributed by atoms with Crippen molar-refractivity contribution in [1.82, 2.24) is 19.7 Å². The van der Waals surface area contributed by atoms with Crippen molar-refractivity contribution in [3.05, 3.63) is 96.6 Å². The van der Waals surface area contributed by atoms with E-state index < -0.39 is 66.4 Å². The second-order valence-corrected chi connectivity index (χ2v) is 22.4. The lowest BCUT2D eigenvalue weighted by atomic mass is 10.0. The first-order valence-electron chi connectivity index (χ1n) is 21.3. The minimum absolute atomic E-state index is 0.0232. The van der Waals surface area contributed by atoms with Crippen LogP contribution in [-0.4, -0.2) is 81.5 Å². The van der Waals surface area contributed by atoms with E-state index in [1.807, 2.05) is 0 Å². The maximum atomic E-state index is 15.1. The zero-order chi connectivity index (χ0) is 48.1. The van der Waals surface area contributed by atoms with E-state index in [0.29, 0.717) is 41.6 Å². The van der Waals surface area contributed by atoms with Crippen LogP contribution < -0.4 is 25.4 Å². The van der Waals surface area contributed by atoms with Crippen LogP contribution in [0, 0.1) is 11.6 Å². The smallest absolute Gasteiger partial charge is 0.410 e. The average molecular weight is 939 g/mol. The van der Waals surface area contributed by atoms with Gasteiger partial charge in [-0.2, -0.15) is 0 Å². The second kappa shape index (κ2) is 20.1. The zero-order valence-electron chi connectivity index (χ0n) is 38.3. The van der Waals surface area contributed by atoms with Gasteiger partial charge in [0.25, 0.3) is 0 Å². The van der Waals surface area contributed by atoms with E-state index in [1.54, 1.807) is 111 Å². The number of benzene rings is 4. The highest BCUT2D eigenvalue weighted by atomic mass is 32.2. The highest BCUT2D eigenvalue weighted by molar-refractivity contribution is 7.90. The van der Waals surface area contributed by atoms with Crippen molar-refractivity contribution in [2.75, 3.05) is 23.7 Å². The summed E-state index contributed by atoms with van der Waals surface area (Å²) in [5, 5.41) is 8.23. The van der Waals surface area contributed by atoms with Gasteiger partial charge in [-0.1, -0.05) is 48.5 Å². The number of ether oxygens (including phenoxy) is 1. The third-order valence-electron chi connectivity index (χ3n) is 9.87. The number of rotatable bonds is 10. The van der Waals surface area contributed by atoms with E-state index in [0.717, 1.165) is 19.4 Å².